The highest BCUT2D eigenvalue weighted by molar-refractivity contribution is 5.97. The van der Waals surface area contributed by atoms with E-state index in [0.29, 0.717) is 18.9 Å². The number of rotatable bonds is 4. The van der Waals surface area contributed by atoms with E-state index in [1.165, 1.54) is 12.3 Å². The zero-order valence-corrected chi connectivity index (χ0v) is 18.4. The van der Waals surface area contributed by atoms with Gasteiger partial charge in [0.2, 0.25) is 0 Å². The molecule has 1 amide bonds. The van der Waals surface area contributed by atoms with Crippen molar-refractivity contribution in [3.63, 3.8) is 0 Å². The van der Waals surface area contributed by atoms with Crippen molar-refractivity contribution in [2.45, 2.75) is 51.9 Å². The molecule has 2 aliphatic rings. The lowest BCUT2D eigenvalue weighted by atomic mass is 9.94. The first-order valence-corrected chi connectivity index (χ1v) is 11.3. The fourth-order valence-corrected chi connectivity index (χ4v) is 4.90. The first-order chi connectivity index (χ1) is 15.5. The van der Waals surface area contributed by atoms with Crippen LogP contribution in [0.3, 0.4) is 0 Å². The first-order valence-electron chi connectivity index (χ1n) is 11.3. The summed E-state index contributed by atoms with van der Waals surface area (Å²) < 4.78 is 19.1. The van der Waals surface area contributed by atoms with Crippen molar-refractivity contribution in [1.29, 1.82) is 0 Å². The molecular weight excluding hydrogens is 407 g/mol. The molecule has 6 nitrogen and oxygen atoms in total. The Morgan fingerprint density at radius 1 is 1.22 bits per heavy atom. The molecule has 0 unspecified atom stereocenters. The Balaban J connectivity index is 1.33. The summed E-state index contributed by atoms with van der Waals surface area (Å²) in [6.07, 6.45) is 6.15. The quantitative estimate of drug-likeness (QED) is 0.620. The molecule has 1 fully saturated rings. The summed E-state index contributed by atoms with van der Waals surface area (Å²) in [5.41, 5.74) is 4.60. The third-order valence-electron chi connectivity index (χ3n) is 6.43. The van der Waals surface area contributed by atoms with Gasteiger partial charge in [0.1, 0.15) is 23.2 Å². The zero-order chi connectivity index (χ0) is 22.2. The second-order valence-corrected chi connectivity index (χ2v) is 8.79. The highest BCUT2D eigenvalue weighted by Gasteiger charge is 2.33. The third kappa shape index (κ3) is 3.99. The minimum atomic E-state index is -0.369. The monoisotopic (exact) mass is 434 g/mol. The van der Waals surface area contributed by atoms with Crippen molar-refractivity contribution in [3.05, 3.63) is 70.3 Å². The van der Waals surface area contributed by atoms with Crippen LogP contribution in [0, 0.1) is 19.7 Å². The topological polar surface area (TPSA) is 71.3 Å². The van der Waals surface area contributed by atoms with Crippen molar-refractivity contribution in [2.24, 2.45) is 0 Å². The number of hydrogen-bond donors (Lipinski definition) is 1. The standard InChI is InChI=1S/C25H27FN4O2/c1-15-11-19(29-23-8-7-18(26)13-27-23)12-21(28-15)17-9-10-30(14-17)25(31)24-16(2)32-22-6-4-3-5-20(22)24/h7-8,11-13,17H,3-6,9-10,14H2,1-2H3,(H,27,28,29)/t17-/m1/s1. The second kappa shape index (κ2) is 8.37. The van der Waals surface area contributed by atoms with Crippen LogP contribution in [0.1, 0.15) is 64.0 Å². The predicted molar refractivity (Wildman–Crippen MR) is 120 cm³/mol. The number of nitrogens with one attached hydrogen (secondary N) is 1. The zero-order valence-electron chi connectivity index (χ0n) is 18.4. The first kappa shape index (κ1) is 20.7. The Hall–Kier alpha value is -3.22. The normalized spacial score (nSPS) is 18.0. The number of amides is 1. The van der Waals surface area contributed by atoms with Crippen molar-refractivity contribution < 1.29 is 13.6 Å². The minimum Gasteiger partial charge on any atom is -0.465 e. The molecule has 0 saturated carbocycles. The van der Waals surface area contributed by atoms with Gasteiger partial charge in [0.15, 0.2) is 0 Å². The molecule has 0 spiro atoms. The summed E-state index contributed by atoms with van der Waals surface area (Å²) in [5, 5.41) is 3.22. The van der Waals surface area contributed by atoms with Gasteiger partial charge >= 0.3 is 0 Å². The van der Waals surface area contributed by atoms with Crippen LogP contribution in [0.15, 0.2) is 34.9 Å². The van der Waals surface area contributed by atoms with E-state index in [0.717, 1.165) is 71.8 Å². The molecule has 1 aliphatic carbocycles. The maximum absolute atomic E-state index is 13.4. The van der Waals surface area contributed by atoms with Crippen LogP contribution in [0.2, 0.25) is 0 Å². The average molecular weight is 435 g/mol. The average Bonchev–Trinajstić information content (AvgIpc) is 3.39. The summed E-state index contributed by atoms with van der Waals surface area (Å²) in [6.45, 7) is 5.21. The lowest BCUT2D eigenvalue weighted by Gasteiger charge is -2.18. The van der Waals surface area contributed by atoms with E-state index in [2.05, 4.69) is 10.3 Å². The lowest BCUT2D eigenvalue weighted by molar-refractivity contribution is 0.0788. The molecule has 5 rings (SSSR count). The van der Waals surface area contributed by atoms with Gasteiger partial charge in [-0.3, -0.25) is 9.78 Å². The molecule has 3 aromatic heterocycles. The van der Waals surface area contributed by atoms with Crippen molar-refractivity contribution in [2.75, 3.05) is 18.4 Å². The molecule has 32 heavy (non-hydrogen) atoms. The van der Waals surface area contributed by atoms with Crippen LogP contribution in [0.25, 0.3) is 0 Å². The lowest BCUT2D eigenvalue weighted by Crippen LogP contribution is -2.29. The number of furan rings is 1. The molecule has 1 atom stereocenters. The number of anilines is 2. The smallest absolute Gasteiger partial charge is 0.257 e. The van der Waals surface area contributed by atoms with Gasteiger partial charge in [0, 0.05) is 48.1 Å². The van der Waals surface area contributed by atoms with Crippen molar-refractivity contribution in [3.8, 4) is 0 Å². The molecule has 1 aliphatic heterocycles. The summed E-state index contributed by atoms with van der Waals surface area (Å²) in [6, 6.07) is 6.92. The Labute approximate surface area is 186 Å². The van der Waals surface area contributed by atoms with Gasteiger partial charge in [-0.05, 0) is 63.8 Å². The largest absolute Gasteiger partial charge is 0.465 e. The van der Waals surface area contributed by atoms with Crippen LogP contribution in [0.4, 0.5) is 15.9 Å². The van der Waals surface area contributed by atoms with Gasteiger partial charge in [0.05, 0.1) is 11.8 Å². The Bertz CT molecular complexity index is 1160. The van der Waals surface area contributed by atoms with Crippen LogP contribution in [0.5, 0.6) is 0 Å². The molecule has 3 aromatic rings. The SMILES string of the molecule is Cc1cc(Nc2ccc(F)cn2)cc([C@@H]2CCN(C(=O)c3c(C)oc4c3CCCC4)C2)n1. The predicted octanol–water partition coefficient (Wildman–Crippen LogP) is 5.08. The van der Waals surface area contributed by atoms with E-state index < -0.39 is 0 Å². The van der Waals surface area contributed by atoms with Gasteiger partial charge in [0.25, 0.3) is 5.91 Å². The Kier molecular flexibility index (Phi) is 5.41. The van der Waals surface area contributed by atoms with E-state index in [4.69, 9.17) is 9.40 Å². The van der Waals surface area contributed by atoms with Gasteiger partial charge in [-0.2, -0.15) is 0 Å². The van der Waals surface area contributed by atoms with E-state index in [-0.39, 0.29) is 17.6 Å². The molecule has 1 saturated heterocycles. The molecular formula is C25H27FN4O2. The number of fused-ring (bicyclic) bond motifs is 1. The second-order valence-electron chi connectivity index (χ2n) is 8.79. The van der Waals surface area contributed by atoms with Crippen LogP contribution in [-0.2, 0) is 12.8 Å². The fourth-order valence-electron chi connectivity index (χ4n) is 4.90. The summed E-state index contributed by atoms with van der Waals surface area (Å²) in [4.78, 5) is 24.1. The number of aromatic nitrogens is 2. The molecule has 0 radical (unpaired) electrons. The Morgan fingerprint density at radius 2 is 2.06 bits per heavy atom. The number of nitrogens with zero attached hydrogens (tertiary/aromatic N) is 3. The van der Waals surface area contributed by atoms with Gasteiger partial charge in [-0.1, -0.05) is 0 Å². The Morgan fingerprint density at radius 3 is 2.88 bits per heavy atom. The van der Waals surface area contributed by atoms with Gasteiger partial charge < -0.3 is 14.6 Å². The maximum Gasteiger partial charge on any atom is 0.257 e. The van der Waals surface area contributed by atoms with Crippen LogP contribution in [-0.4, -0.2) is 33.9 Å². The minimum absolute atomic E-state index is 0.0819. The highest BCUT2D eigenvalue weighted by Crippen LogP contribution is 2.34. The fraction of sp³-hybridized carbons (Fsp3) is 0.400. The molecule has 7 heteroatoms. The van der Waals surface area contributed by atoms with E-state index in [1.54, 1.807) is 6.07 Å². The number of aryl methyl sites for hydroxylation is 3. The summed E-state index contributed by atoms with van der Waals surface area (Å²) in [5.74, 6) is 2.20. The number of halogens is 1. The summed E-state index contributed by atoms with van der Waals surface area (Å²) >= 11 is 0. The molecule has 4 heterocycles. The number of carbonyl (C=O) groups excluding carboxylic acids is 1. The van der Waals surface area contributed by atoms with Crippen LogP contribution < -0.4 is 5.32 Å². The molecule has 1 N–H and O–H groups in total. The molecule has 0 aromatic carbocycles. The van der Waals surface area contributed by atoms with Crippen molar-refractivity contribution >= 4 is 17.4 Å². The van der Waals surface area contributed by atoms with Gasteiger partial charge in [-0.25, -0.2) is 9.37 Å². The maximum atomic E-state index is 13.4. The molecule has 166 valence electrons. The van der Waals surface area contributed by atoms with E-state index >= 15 is 0 Å². The van der Waals surface area contributed by atoms with Crippen molar-refractivity contribution in [1.82, 2.24) is 14.9 Å². The van der Waals surface area contributed by atoms with Crippen LogP contribution >= 0.6 is 0 Å². The van der Waals surface area contributed by atoms with Gasteiger partial charge in [-0.15, -0.1) is 0 Å². The number of hydrogen-bond acceptors (Lipinski definition) is 5. The number of pyridine rings is 2. The third-order valence-corrected chi connectivity index (χ3v) is 6.43. The number of likely N-dealkylation sites (tertiary alicyclic amines) is 1. The number of carbonyl (C=O) groups is 1. The molecule has 0 bridgehead atoms. The summed E-state index contributed by atoms with van der Waals surface area (Å²) in [7, 11) is 0. The van der Waals surface area contributed by atoms with E-state index in [9.17, 15) is 9.18 Å². The van der Waals surface area contributed by atoms with E-state index in [1.807, 2.05) is 30.9 Å². The highest BCUT2D eigenvalue weighted by atomic mass is 19.1.